The average Bonchev–Trinajstić information content (AvgIpc) is 2.69. The number of carboxylic acids is 2. The van der Waals surface area contributed by atoms with Crippen molar-refractivity contribution in [3.8, 4) is 0 Å². The van der Waals surface area contributed by atoms with Crippen molar-refractivity contribution >= 4 is 29.7 Å². The van der Waals surface area contributed by atoms with Gasteiger partial charge >= 0.3 is 11.9 Å². The van der Waals surface area contributed by atoms with Gasteiger partial charge in [0.1, 0.15) is 12.1 Å². The van der Waals surface area contributed by atoms with Gasteiger partial charge in [0.05, 0.1) is 19.0 Å². The Kier molecular flexibility index (Phi) is 10.1. The van der Waals surface area contributed by atoms with E-state index in [4.69, 9.17) is 15.9 Å². The summed E-state index contributed by atoms with van der Waals surface area (Å²) in [7, 11) is 0. The first-order chi connectivity index (χ1) is 14.5. The number of hydrogen-bond acceptors (Lipinski definition) is 6. The highest BCUT2D eigenvalue weighted by molar-refractivity contribution is 5.93. The number of carbonyl (C=O) groups excluding carboxylic acids is 3. The summed E-state index contributed by atoms with van der Waals surface area (Å²) >= 11 is 0. The molecule has 0 bridgehead atoms. The lowest BCUT2D eigenvalue weighted by molar-refractivity contribution is -0.143. The molecule has 0 aliphatic heterocycles. The normalized spacial score (nSPS) is 13.5. The van der Waals surface area contributed by atoms with E-state index in [9.17, 15) is 24.0 Å². The topological polar surface area (TPSA) is 188 Å². The van der Waals surface area contributed by atoms with Gasteiger partial charge in [0.2, 0.25) is 17.7 Å². The van der Waals surface area contributed by atoms with Crippen LogP contribution >= 0.6 is 0 Å². The van der Waals surface area contributed by atoms with Crippen LogP contribution < -0.4 is 21.7 Å². The fraction of sp³-hybridized carbons (Fsp3) is 0.450. The van der Waals surface area contributed by atoms with Crippen LogP contribution in [0.5, 0.6) is 0 Å². The molecular weight excluding hydrogens is 408 g/mol. The maximum Gasteiger partial charge on any atom is 0.326 e. The number of carboxylic acid groups (broad SMARTS) is 2. The van der Waals surface area contributed by atoms with Gasteiger partial charge in [0, 0.05) is 6.42 Å². The standard InChI is InChI=1S/C20H28N4O7/c1-11(2)17(20(30)31)24-15(25)10-22-19(29)14(8-12-6-4-3-5-7-12)23-18(28)13(21)9-16(26)27/h3-7,11,13-14,17H,8-10,21H2,1-2H3,(H,22,29)(H,23,28)(H,24,25)(H,26,27)(H,30,31). The Morgan fingerprint density at radius 2 is 1.58 bits per heavy atom. The summed E-state index contributed by atoms with van der Waals surface area (Å²) in [6.07, 6.45) is -0.538. The third kappa shape index (κ3) is 9.26. The van der Waals surface area contributed by atoms with Crippen LogP contribution in [-0.2, 0) is 30.4 Å². The summed E-state index contributed by atoms with van der Waals surface area (Å²) in [5.41, 5.74) is 6.26. The molecule has 1 rings (SSSR count). The monoisotopic (exact) mass is 436 g/mol. The SMILES string of the molecule is CC(C)C(NC(=O)CNC(=O)C(Cc1ccccc1)NC(=O)C(N)CC(=O)O)C(=O)O. The molecule has 11 nitrogen and oxygen atoms in total. The molecule has 0 radical (unpaired) electrons. The smallest absolute Gasteiger partial charge is 0.326 e. The number of hydrogen-bond donors (Lipinski definition) is 6. The first-order valence-electron chi connectivity index (χ1n) is 9.62. The van der Waals surface area contributed by atoms with Crippen LogP contribution in [0.3, 0.4) is 0 Å². The van der Waals surface area contributed by atoms with Gasteiger partial charge in [-0.1, -0.05) is 44.2 Å². The average molecular weight is 436 g/mol. The van der Waals surface area contributed by atoms with Crippen molar-refractivity contribution in [2.45, 2.75) is 44.8 Å². The summed E-state index contributed by atoms with van der Waals surface area (Å²) in [5.74, 6) is -5.06. The van der Waals surface area contributed by atoms with Crippen molar-refractivity contribution < 1.29 is 34.2 Å². The lowest BCUT2D eigenvalue weighted by Crippen LogP contribution is -2.54. The maximum atomic E-state index is 12.6. The lowest BCUT2D eigenvalue weighted by Gasteiger charge is -2.21. The zero-order valence-electron chi connectivity index (χ0n) is 17.3. The van der Waals surface area contributed by atoms with Crippen molar-refractivity contribution in [1.82, 2.24) is 16.0 Å². The van der Waals surface area contributed by atoms with Gasteiger partial charge < -0.3 is 31.9 Å². The highest BCUT2D eigenvalue weighted by atomic mass is 16.4. The first kappa shape index (κ1) is 25.6. The molecule has 3 amide bonds. The van der Waals surface area contributed by atoms with Crippen LogP contribution in [0.4, 0.5) is 0 Å². The molecule has 11 heteroatoms. The highest BCUT2D eigenvalue weighted by Gasteiger charge is 2.27. The zero-order valence-corrected chi connectivity index (χ0v) is 17.3. The second-order valence-electron chi connectivity index (χ2n) is 7.30. The van der Waals surface area contributed by atoms with E-state index in [0.717, 1.165) is 0 Å². The zero-order chi connectivity index (χ0) is 23.6. The predicted molar refractivity (Wildman–Crippen MR) is 110 cm³/mol. The summed E-state index contributed by atoms with van der Waals surface area (Å²) in [4.78, 5) is 58.8. The van der Waals surface area contributed by atoms with Gasteiger partial charge in [-0.2, -0.15) is 0 Å². The number of rotatable bonds is 12. The van der Waals surface area contributed by atoms with Crippen LogP contribution in [0.25, 0.3) is 0 Å². The molecule has 31 heavy (non-hydrogen) atoms. The molecule has 0 heterocycles. The third-order valence-corrected chi connectivity index (χ3v) is 4.32. The van der Waals surface area contributed by atoms with E-state index in [-0.39, 0.29) is 12.3 Å². The Hall–Kier alpha value is -3.47. The first-order valence-corrected chi connectivity index (χ1v) is 9.62. The minimum Gasteiger partial charge on any atom is -0.481 e. The molecule has 3 unspecified atom stereocenters. The van der Waals surface area contributed by atoms with Crippen molar-refractivity contribution in [3.05, 3.63) is 35.9 Å². The quantitative estimate of drug-likeness (QED) is 0.237. The highest BCUT2D eigenvalue weighted by Crippen LogP contribution is 2.05. The molecule has 170 valence electrons. The Bertz CT molecular complexity index is 798. The Labute approximate surface area is 179 Å². The minimum atomic E-state index is -1.35. The van der Waals surface area contributed by atoms with Crippen LogP contribution in [0.15, 0.2) is 30.3 Å². The number of nitrogens with two attached hydrogens (primary N) is 1. The Morgan fingerprint density at radius 3 is 2.10 bits per heavy atom. The van der Waals surface area contributed by atoms with E-state index in [1.54, 1.807) is 44.2 Å². The van der Waals surface area contributed by atoms with E-state index < -0.39 is 60.8 Å². The molecule has 0 saturated carbocycles. The number of benzene rings is 1. The summed E-state index contributed by atoms with van der Waals surface area (Å²) in [5, 5.41) is 25.0. The lowest BCUT2D eigenvalue weighted by atomic mass is 10.0. The second kappa shape index (κ2) is 12.3. The van der Waals surface area contributed by atoms with Crippen LogP contribution in [0.2, 0.25) is 0 Å². The molecule has 0 spiro atoms. The van der Waals surface area contributed by atoms with E-state index in [0.29, 0.717) is 5.56 Å². The number of amides is 3. The summed E-state index contributed by atoms with van der Waals surface area (Å²) in [6, 6.07) is 5.14. The molecule has 3 atom stereocenters. The van der Waals surface area contributed by atoms with Crippen LogP contribution in [0.1, 0.15) is 25.8 Å². The summed E-state index contributed by atoms with van der Waals surface area (Å²) < 4.78 is 0. The van der Waals surface area contributed by atoms with Gasteiger partial charge in [0.15, 0.2) is 0 Å². The molecule has 1 aromatic carbocycles. The van der Waals surface area contributed by atoms with Crippen molar-refractivity contribution in [2.24, 2.45) is 11.7 Å². The third-order valence-electron chi connectivity index (χ3n) is 4.32. The molecule has 0 fully saturated rings. The van der Waals surface area contributed by atoms with Gasteiger partial charge in [-0.05, 0) is 11.5 Å². The van der Waals surface area contributed by atoms with Crippen LogP contribution in [-0.4, -0.2) is 64.5 Å². The molecule has 7 N–H and O–H groups in total. The van der Waals surface area contributed by atoms with Gasteiger partial charge in [-0.25, -0.2) is 4.79 Å². The van der Waals surface area contributed by atoms with E-state index in [1.807, 2.05) is 0 Å². The molecule has 0 aliphatic carbocycles. The fourth-order valence-corrected chi connectivity index (χ4v) is 2.65. The second-order valence-corrected chi connectivity index (χ2v) is 7.30. The van der Waals surface area contributed by atoms with Crippen molar-refractivity contribution in [3.63, 3.8) is 0 Å². The molecule has 1 aromatic rings. The number of aliphatic carboxylic acids is 2. The van der Waals surface area contributed by atoms with Crippen molar-refractivity contribution in [1.29, 1.82) is 0 Å². The van der Waals surface area contributed by atoms with Gasteiger partial charge in [0.25, 0.3) is 0 Å². The number of carbonyl (C=O) groups is 5. The van der Waals surface area contributed by atoms with E-state index >= 15 is 0 Å². The van der Waals surface area contributed by atoms with Crippen molar-refractivity contribution in [2.75, 3.05) is 6.54 Å². The van der Waals surface area contributed by atoms with E-state index in [1.165, 1.54) is 0 Å². The Morgan fingerprint density at radius 1 is 0.968 bits per heavy atom. The molecule has 0 saturated heterocycles. The molecular formula is C20H28N4O7. The fourth-order valence-electron chi connectivity index (χ4n) is 2.65. The maximum absolute atomic E-state index is 12.6. The minimum absolute atomic E-state index is 0.0730. The number of nitrogens with one attached hydrogen (secondary N) is 3. The van der Waals surface area contributed by atoms with Gasteiger partial charge in [-0.3, -0.25) is 19.2 Å². The summed E-state index contributed by atoms with van der Waals surface area (Å²) in [6.45, 7) is 2.75. The molecule has 0 aromatic heterocycles. The van der Waals surface area contributed by atoms with Crippen LogP contribution in [0, 0.1) is 5.92 Å². The Balaban J connectivity index is 2.81. The molecule has 0 aliphatic rings. The van der Waals surface area contributed by atoms with Gasteiger partial charge in [-0.15, -0.1) is 0 Å². The predicted octanol–water partition coefficient (Wildman–Crippen LogP) is -1.14. The largest absolute Gasteiger partial charge is 0.481 e. The van der Waals surface area contributed by atoms with E-state index in [2.05, 4.69) is 16.0 Å².